The molecular weight excluding hydrogens is 304 g/mol. The van der Waals surface area contributed by atoms with Crippen molar-refractivity contribution in [2.24, 2.45) is 28.4 Å². The molecule has 2 N–H and O–H groups in total. The Kier molecular flexibility index (Phi) is 4.73. The van der Waals surface area contributed by atoms with Gasteiger partial charge in [-0.25, -0.2) is 0 Å². The average molecular weight is 338 g/mol. The lowest BCUT2D eigenvalue weighted by Crippen LogP contribution is -2.68. The van der Waals surface area contributed by atoms with Crippen LogP contribution in [0.4, 0.5) is 0 Å². The van der Waals surface area contributed by atoms with Crippen molar-refractivity contribution in [1.82, 2.24) is 4.90 Å². The first-order valence-corrected chi connectivity index (χ1v) is 9.54. The second-order valence-electron chi connectivity index (χ2n) is 8.56. The Bertz CT molecular complexity index is 489. The summed E-state index contributed by atoms with van der Waals surface area (Å²) in [5.74, 6) is 0.273. The highest BCUT2D eigenvalue weighted by Gasteiger charge is 2.73. The molecule has 1 aliphatic heterocycles. The lowest BCUT2D eigenvalue weighted by atomic mass is 9.57. The van der Waals surface area contributed by atoms with Crippen molar-refractivity contribution in [3.05, 3.63) is 0 Å². The van der Waals surface area contributed by atoms with Crippen LogP contribution in [0.5, 0.6) is 0 Å². The summed E-state index contributed by atoms with van der Waals surface area (Å²) in [6.07, 6.45) is 3.48. The Morgan fingerprint density at radius 2 is 2.00 bits per heavy atom. The van der Waals surface area contributed by atoms with Crippen LogP contribution in [-0.4, -0.2) is 55.9 Å². The van der Waals surface area contributed by atoms with Crippen LogP contribution < -0.4 is 5.73 Å². The third-order valence-electron chi connectivity index (χ3n) is 7.91. The predicted octanol–water partition coefficient (Wildman–Crippen LogP) is 2.04. The van der Waals surface area contributed by atoms with Crippen molar-refractivity contribution in [2.45, 2.75) is 52.5 Å². The minimum absolute atomic E-state index is 0.0683. The quantitative estimate of drug-likeness (QED) is 0.777. The van der Waals surface area contributed by atoms with Crippen molar-refractivity contribution < 1.29 is 14.3 Å². The van der Waals surface area contributed by atoms with Gasteiger partial charge in [0.05, 0.1) is 25.7 Å². The van der Waals surface area contributed by atoms with Gasteiger partial charge in [-0.3, -0.25) is 9.69 Å². The number of morpholine rings is 1. The monoisotopic (exact) mass is 338 g/mol. The molecule has 5 nitrogen and oxygen atoms in total. The summed E-state index contributed by atoms with van der Waals surface area (Å²) in [5, 5.41) is 0. The van der Waals surface area contributed by atoms with E-state index in [-0.39, 0.29) is 28.3 Å². The molecule has 3 fully saturated rings. The number of nitrogens with zero attached hydrogens (tertiary/aromatic N) is 1. The summed E-state index contributed by atoms with van der Waals surface area (Å²) in [6, 6.07) is 0. The second-order valence-corrected chi connectivity index (χ2v) is 8.56. The fourth-order valence-electron chi connectivity index (χ4n) is 6.25. The van der Waals surface area contributed by atoms with Crippen molar-refractivity contribution in [2.75, 3.05) is 39.5 Å². The number of hydrogen-bond donors (Lipinski definition) is 1. The zero-order chi connectivity index (χ0) is 17.6. The van der Waals surface area contributed by atoms with Gasteiger partial charge in [0.15, 0.2) is 0 Å². The first-order chi connectivity index (χ1) is 11.3. The number of ether oxygens (including phenoxy) is 2. The minimum Gasteiger partial charge on any atom is -0.466 e. The van der Waals surface area contributed by atoms with E-state index in [1.165, 1.54) is 6.42 Å². The van der Waals surface area contributed by atoms with Gasteiger partial charge in [-0.1, -0.05) is 20.8 Å². The van der Waals surface area contributed by atoms with Crippen molar-refractivity contribution >= 4 is 5.97 Å². The lowest BCUT2D eigenvalue weighted by molar-refractivity contribution is -0.168. The van der Waals surface area contributed by atoms with Gasteiger partial charge in [-0.2, -0.15) is 0 Å². The molecule has 3 rings (SSSR count). The second kappa shape index (κ2) is 6.26. The fraction of sp³-hybridized carbons (Fsp3) is 0.947. The molecule has 2 bridgehead atoms. The molecule has 24 heavy (non-hydrogen) atoms. The summed E-state index contributed by atoms with van der Waals surface area (Å²) in [7, 11) is 0. The van der Waals surface area contributed by atoms with E-state index in [0.29, 0.717) is 19.1 Å². The van der Waals surface area contributed by atoms with E-state index >= 15 is 0 Å². The molecular formula is C19H34N2O3. The van der Waals surface area contributed by atoms with Gasteiger partial charge < -0.3 is 15.2 Å². The molecule has 2 saturated carbocycles. The lowest BCUT2D eigenvalue weighted by Gasteiger charge is -2.58. The van der Waals surface area contributed by atoms with E-state index < -0.39 is 0 Å². The molecule has 1 saturated heterocycles. The van der Waals surface area contributed by atoms with Gasteiger partial charge in [-0.15, -0.1) is 0 Å². The van der Waals surface area contributed by atoms with Crippen molar-refractivity contribution in [3.63, 3.8) is 0 Å². The largest absolute Gasteiger partial charge is 0.466 e. The predicted molar refractivity (Wildman–Crippen MR) is 93.5 cm³/mol. The molecule has 5 heteroatoms. The molecule has 0 aromatic carbocycles. The van der Waals surface area contributed by atoms with Gasteiger partial charge >= 0.3 is 5.97 Å². The summed E-state index contributed by atoms with van der Waals surface area (Å²) in [4.78, 5) is 15.4. The highest BCUT2D eigenvalue weighted by Crippen LogP contribution is 2.72. The van der Waals surface area contributed by atoms with Gasteiger partial charge in [0.2, 0.25) is 0 Å². The number of nitrogens with two attached hydrogens (primary N) is 1. The summed E-state index contributed by atoms with van der Waals surface area (Å²) in [6.45, 7) is 13.1. The molecule has 0 aromatic heterocycles. The third-order valence-corrected chi connectivity index (χ3v) is 7.91. The Balaban J connectivity index is 2.07. The van der Waals surface area contributed by atoms with Crippen molar-refractivity contribution in [3.8, 4) is 0 Å². The van der Waals surface area contributed by atoms with Crippen LogP contribution in [0.25, 0.3) is 0 Å². The van der Waals surface area contributed by atoms with Crippen molar-refractivity contribution in [1.29, 1.82) is 0 Å². The number of fused-ring (bicyclic) bond motifs is 2. The highest BCUT2D eigenvalue weighted by atomic mass is 16.5. The number of rotatable bonds is 5. The minimum atomic E-state index is -0.259. The zero-order valence-corrected chi connectivity index (χ0v) is 15.8. The Morgan fingerprint density at radius 3 is 2.46 bits per heavy atom. The van der Waals surface area contributed by atoms with E-state index in [1.807, 2.05) is 6.92 Å². The molecule has 0 amide bonds. The third kappa shape index (κ3) is 2.20. The first-order valence-electron chi connectivity index (χ1n) is 9.54. The number of carbonyl (C=O) groups excluding carboxylic acids is 1. The molecule has 0 aromatic rings. The zero-order valence-electron chi connectivity index (χ0n) is 15.8. The molecule has 138 valence electrons. The summed E-state index contributed by atoms with van der Waals surface area (Å²) >= 11 is 0. The van der Waals surface area contributed by atoms with E-state index in [1.54, 1.807) is 0 Å². The maximum absolute atomic E-state index is 12.9. The van der Waals surface area contributed by atoms with E-state index in [2.05, 4.69) is 25.7 Å². The Labute approximate surface area is 146 Å². The fourth-order valence-corrected chi connectivity index (χ4v) is 6.25. The van der Waals surface area contributed by atoms with E-state index in [0.717, 1.165) is 39.1 Å². The molecule has 0 spiro atoms. The molecule has 2 aliphatic carbocycles. The van der Waals surface area contributed by atoms with Gasteiger partial charge in [0, 0.05) is 25.2 Å². The molecule has 1 heterocycles. The number of esters is 1. The number of hydrogen-bond acceptors (Lipinski definition) is 5. The summed E-state index contributed by atoms with van der Waals surface area (Å²) in [5.41, 5.74) is 6.27. The summed E-state index contributed by atoms with van der Waals surface area (Å²) < 4.78 is 11.1. The SMILES string of the molecule is CCOC(=O)C(CN)C1(N2CCOCC2)CC2CCC1(C)C2(C)C. The normalized spacial score (nSPS) is 39.8. The Morgan fingerprint density at radius 1 is 1.33 bits per heavy atom. The van der Waals surface area contributed by atoms with Gasteiger partial charge in [0.25, 0.3) is 0 Å². The van der Waals surface area contributed by atoms with Crippen LogP contribution in [0.2, 0.25) is 0 Å². The molecule has 4 unspecified atom stereocenters. The maximum atomic E-state index is 12.9. The number of carbonyl (C=O) groups is 1. The van der Waals surface area contributed by atoms with E-state index in [9.17, 15) is 4.79 Å². The van der Waals surface area contributed by atoms with Crippen LogP contribution in [0.3, 0.4) is 0 Å². The van der Waals surface area contributed by atoms with Crippen LogP contribution >= 0.6 is 0 Å². The standard InChI is InChI=1S/C19H34N2O3/c1-5-24-16(22)15(13-20)19(21-8-10-23-11-9-21)12-14-6-7-18(19,4)17(14,2)3/h14-15H,5-13,20H2,1-4H3. The topological polar surface area (TPSA) is 64.8 Å². The van der Waals surface area contributed by atoms with Crippen LogP contribution in [0.1, 0.15) is 47.0 Å². The molecule has 0 radical (unpaired) electrons. The Hall–Kier alpha value is -0.650. The highest BCUT2D eigenvalue weighted by molar-refractivity contribution is 5.75. The molecule has 4 atom stereocenters. The van der Waals surface area contributed by atoms with Crippen LogP contribution in [-0.2, 0) is 14.3 Å². The van der Waals surface area contributed by atoms with Gasteiger partial charge in [-0.05, 0) is 42.9 Å². The van der Waals surface area contributed by atoms with Crippen LogP contribution in [0.15, 0.2) is 0 Å². The van der Waals surface area contributed by atoms with Gasteiger partial charge in [0.1, 0.15) is 0 Å². The smallest absolute Gasteiger partial charge is 0.312 e. The molecule has 3 aliphatic rings. The van der Waals surface area contributed by atoms with Crippen LogP contribution in [0, 0.1) is 22.7 Å². The average Bonchev–Trinajstić information content (AvgIpc) is 2.89. The first kappa shape index (κ1) is 18.2. The maximum Gasteiger partial charge on any atom is 0.312 e. The van der Waals surface area contributed by atoms with E-state index in [4.69, 9.17) is 15.2 Å².